The summed E-state index contributed by atoms with van der Waals surface area (Å²) in [7, 11) is 1.54. The summed E-state index contributed by atoms with van der Waals surface area (Å²) in [4.78, 5) is 44.2. The van der Waals surface area contributed by atoms with Gasteiger partial charge in [0.2, 0.25) is 0 Å². The zero-order chi connectivity index (χ0) is 32.5. The van der Waals surface area contributed by atoms with Crippen molar-refractivity contribution in [1.29, 1.82) is 0 Å². The standard InChI is InChI=1S/C33H30F2N4O7/c1-18(2)38-17-22(32(41)39(33(38)42)16-19-4-6-20(34)7-5-19)31(40)37-21-8-9-25(23(35)14-21)46-26-10-11-36-24-15-27(43-3)29-30(28(24)26)45-13-12-44-29/h4-11,14,17-18,24H,12-13,15-16H2,1-3H3,(H,37,40). The van der Waals surface area contributed by atoms with Crippen molar-refractivity contribution in [2.24, 2.45) is 4.99 Å². The third kappa shape index (κ3) is 5.83. The summed E-state index contributed by atoms with van der Waals surface area (Å²) in [6, 6.07) is 8.40. The van der Waals surface area contributed by atoms with Gasteiger partial charge in [-0.05, 0) is 49.8 Å². The third-order valence-electron chi connectivity index (χ3n) is 7.66. The number of allylic oxidation sites excluding steroid dienone is 1. The largest absolute Gasteiger partial charge is 0.497 e. The number of carbonyl (C=O) groups is 1. The number of methoxy groups -OCH3 is 1. The maximum absolute atomic E-state index is 15.4. The monoisotopic (exact) mass is 632 g/mol. The van der Waals surface area contributed by atoms with Gasteiger partial charge in [0.1, 0.15) is 36.1 Å². The lowest BCUT2D eigenvalue weighted by atomic mass is 9.92. The second kappa shape index (κ2) is 12.5. The Bertz CT molecular complexity index is 1960. The Morgan fingerprint density at radius 1 is 1.09 bits per heavy atom. The average Bonchev–Trinajstić information content (AvgIpc) is 3.04. The van der Waals surface area contributed by atoms with Gasteiger partial charge in [0.05, 0.1) is 25.3 Å². The van der Waals surface area contributed by atoms with Crippen molar-refractivity contribution in [3.63, 3.8) is 0 Å². The van der Waals surface area contributed by atoms with E-state index in [2.05, 4.69) is 10.3 Å². The first-order chi connectivity index (χ1) is 22.1. The average molecular weight is 633 g/mol. The number of dihydropyridines is 1. The topological polar surface area (TPSA) is 122 Å². The first kappa shape index (κ1) is 30.6. The van der Waals surface area contributed by atoms with Gasteiger partial charge >= 0.3 is 5.69 Å². The zero-order valence-corrected chi connectivity index (χ0v) is 25.2. The molecule has 1 atom stereocenters. The van der Waals surface area contributed by atoms with Gasteiger partial charge in [0, 0.05) is 36.6 Å². The summed E-state index contributed by atoms with van der Waals surface area (Å²) in [6.07, 6.45) is 4.76. The Hall–Kier alpha value is -5.46. The molecule has 3 heterocycles. The molecule has 1 saturated heterocycles. The molecule has 1 amide bonds. The molecule has 2 aromatic carbocycles. The molecule has 0 radical (unpaired) electrons. The number of aromatic nitrogens is 2. The predicted molar refractivity (Wildman–Crippen MR) is 164 cm³/mol. The van der Waals surface area contributed by atoms with Crippen molar-refractivity contribution in [3.8, 4) is 5.75 Å². The Balaban J connectivity index is 1.25. The van der Waals surface area contributed by atoms with E-state index in [4.69, 9.17) is 18.9 Å². The summed E-state index contributed by atoms with van der Waals surface area (Å²) in [5.74, 6) is -0.403. The van der Waals surface area contributed by atoms with Gasteiger partial charge in [-0.2, -0.15) is 0 Å². The van der Waals surface area contributed by atoms with Crippen molar-refractivity contribution < 1.29 is 32.5 Å². The van der Waals surface area contributed by atoms with Crippen LogP contribution in [0.25, 0.3) is 0 Å². The summed E-state index contributed by atoms with van der Waals surface area (Å²) in [5.41, 5.74) is -0.642. The Labute approximate surface area is 261 Å². The molecule has 1 N–H and O–H groups in total. The highest BCUT2D eigenvalue weighted by Crippen LogP contribution is 2.41. The van der Waals surface area contributed by atoms with Gasteiger partial charge in [-0.15, -0.1) is 0 Å². The van der Waals surface area contributed by atoms with E-state index in [1.165, 1.54) is 47.2 Å². The Morgan fingerprint density at radius 2 is 1.83 bits per heavy atom. The van der Waals surface area contributed by atoms with E-state index in [9.17, 15) is 18.8 Å². The molecule has 1 aromatic heterocycles. The number of hydrogen-bond donors (Lipinski definition) is 1. The minimum Gasteiger partial charge on any atom is -0.497 e. The first-order valence-electron chi connectivity index (χ1n) is 14.5. The van der Waals surface area contributed by atoms with Gasteiger partial charge < -0.3 is 24.3 Å². The van der Waals surface area contributed by atoms with Gasteiger partial charge in [-0.1, -0.05) is 12.1 Å². The fourth-order valence-electron chi connectivity index (χ4n) is 5.36. The summed E-state index contributed by atoms with van der Waals surface area (Å²) < 4.78 is 54.1. The number of amides is 1. The molecule has 46 heavy (non-hydrogen) atoms. The van der Waals surface area contributed by atoms with Crippen LogP contribution in [0.15, 0.2) is 97.9 Å². The lowest BCUT2D eigenvalue weighted by Gasteiger charge is -2.33. The molecule has 1 unspecified atom stereocenters. The number of hydrogen-bond acceptors (Lipinski definition) is 8. The summed E-state index contributed by atoms with van der Waals surface area (Å²) in [6.45, 7) is 3.95. The number of benzene rings is 2. The molecule has 2 aliphatic heterocycles. The number of nitrogens with one attached hydrogen (secondary N) is 1. The third-order valence-corrected chi connectivity index (χ3v) is 7.66. The Kier molecular flexibility index (Phi) is 8.31. The predicted octanol–water partition coefficient (Wildman–Crippen LogP) is 4.45. The molecule has 3 aromatic rings. The quantitative estimate of drug-likeness (QED) is 0.390. The molecule has 1 aliphatic carbocycles. The van der Waals surface area contributed by atoms with Crippen LogP contribution in [0, 0.1) is 11.6 Å². The molecule has 0 saturated carbocycles. The number of fused-ring (bicyclic) bond motifs is 2. The molecule has 1 fully saturated rings. The van der Waals surface area contributed by atoms with Gasteiger partial charge in [-0.25, -0.2) is 13.6 Å². The minimum atomic E-state index is -0.842. The number of rotatable bonds is 8. The lowest BCUT2D eigenvalue weighted by Crippen LogP contribution is -2.43. The lowest BCUT2D eigenvalue weighted by molar-refractivity contribution is 0.0409. The van der Waals surface area contributed by atoms with E-state index >= 15 is 4.39 Å². The van der Waals surface area contributed by atoms with Crippen LogP contribution in [0.1, 0.15) is 42.2 Å². The van der Waals surface area contributed by atoms with Crippen molar-refractivity contribution in [3.05, 3.63) is 127 Å². The maximum atomic E-state index is 15.4. The number of ether oxygens (including phenoxy) is 4. The molecule has 238 valence electrons. The van der Waals surface area contributed by atoms with Crippen LogP contribution in [0.5, 0.6) is 5.75 Å². The minimum absolute atomic E-state index is 0.0531. The SMILES string of the molecule is COC1=C2OCCOC2=C2C(Oc3ccc(NC(=O)c4cn(C(C)C)c(=O)n(Cc5ccc(F)cc5)c4=O)cc3F)=CC=NC2C1. The van der Waals surface area contributed by atoms with Gasteiger partial charge in [-0.3, -0.25) is 23.7 Å². The van der Waals surface area contributed by atoms with Gasteiger partial charge in [0.15, 0.2) is 23.1 Å². The van der Waals surface area contributed by atoms with Gasteiger partial charge in [0.25, 0.3) is 11.5 Å². The molecular formula is C33H30F2N4O7. The fourth-order valence-corrected chi connectivity index (χ4v) is 5.36. The molecule has 0 spiro atoms. The van der Waals surface area contributed by atoms with Crippen LogP contribution in [-0.4, -0.2) is 47.6 Å². The van der Waals surface area contributed by atoms with Crippen molar-refractivity contribution in [2.75, 3.05) is 25.6 Å². The molecule has 6 rings (SSSR count). The molecular weight excluding hydrogens is 602 g/mol. The van der Waals surface area contributed by atoms with E-state index < -0.39 is 28.8 Å². The van der Waals surface area contributed by atoms with Crippen LogP contribution in [0.2, 0.25) is 0 Å². The number of nitrogens with zero attached hydrogens (tertiary/aromatic N) is 3. The van der Waals surface area contributed by atoms with Crippen LogP contribution in [-0.2, 0) is 20.8 Å². The maximum Gasteiger partial charge on any atom is 0.331 e. The number of anilines is 1. The van der Waals surface area contributed by atoms with Crippen LogP contribution in [0.3, 0.4) is 0 Å². The number of carbonyl (C=O) groups excluding carboxylic acids is 1. The number of halogens is 2. The van der Waals surface area contributed by atoms with Crippen LogP contribution < -0.4 is 21.3 Å². The summed E-state index contributed by atoms with van der Waals surface area (Å²) in [5, 5.41) is 2.53. The smallest absolute Gasteiger partial charge is 0.331 e. The molecule has 13 heteroatoms. The molecule has 11 nitrogen and oxygen atoms in total. The fraction of sp³-hybridized carbons (Fsp3) is 0.273. The highest BCUT2D eigenvalue weighted by molar-refractivity contribution is 6.03. The normalized spacial score (nSPS) is 17.1. The van der Waals surface area contributed by atoms with E-state index in [0.29, 0.717) is 53.8 Å². The van der Waals surface area contributed by atoms with Crippen LogP contribution in [0.4, 0.5) is 14.5 Å². The highest BCUT2D eigenvalue weighted by Gasteiger charge is 2.38. The van der Waals surface area contributed by atoms with E-state index in [1.807, 2.05) is 0 Å². The molecule has 0 bridgehead atoms. The second-order valence-electron chi connectivity index (χ2n) is 11.0. The van der Waals surface area contributed by atoms with E-state index in [0.717, 1.165) is 10.6 Å². The van der Waals surface area contributed by atoms with Crippen molar-refractivity contribution in [2.45, 2.75) is 38.9 Å². The first-order valence-corrected chi connectivity index (χ1v) is 14.5. The molecule has 3 aliphatic rings. The summed E-state index contributed by atoms with van der Waals surface area (Å²) >= 11 is 0. The van der Waals surface area contributed by atoms with Crippen molar-refractivity contribution >= 4 is 17.8 Å². The highest BCUT2D eigenvalue weighted by atomic mass is 19.1. The Morgan fingerprint density at radius 3 is 2.52 bits per heavy atom. The second-order valence-corrected chi connectivity index (χ2v) is 11.0. The van der Waals surface area contributed by atoms with Crippen LogP contribution >= 0.6 is 0 Å². The number of aliphatic imine (C=N–C) groups is 1. The zero-order valence-electron chi connectivity index (χ0n) is 25.2. The van der Waals surface area contributed by atoms with E-state index in [1.54, 1.807) is 33.2 Å². The van der Waals surface area contributed by atoms with Crippen molar-refractivity contribution in [1.82, 2.24) is 9.13 Å². The van der Waals surface area contributed by atoms with E-state index in [-0.39, 0.29) is 35.6 Å².